The Morgan fingerprint density at radius 3 is 2.22 bits per heavy atom. The van der Waals surface area contributed by atoms with Crippen molar-refractivity contribution in [2.75, 3.05) is 51.1 Å². The molecular weight excluding hydrogens is 292 g/mol. The molecule has 2 rings (SSSR count). The monoisotopic (exact) mass is 318 g/mol. The molecule has 0 unspecified atom stereocenters. The van der Waals surface area contributed by atoms with E-state index in [2.05, 4.69) is 10.2 Å². The van der Waals surface area contributed by atoms with Gasteiger partial charge in [0.05, 0.1) is 6.54 Å². The summed E-state index contributed by atoms with van der Waals surface area (Å²) in [6, 6.07) is 9.56. The van der Waals surface area contributed by atoms with Gasteiger partial charge >= 0.3 is 6.03 Å². The first-order chi connectivity index (χ1) is 11.1. The summed E-state index contributed by atoms with van der Waals surface area (Å²) < 4.78 is 0. The lowest BCUT2D eigenvalue weighted by atomic mass is 10.3. The van der Waals surface area contributed by atoms with Crippen LogP contribution in [0.4, 0.5) is 10.5 Å². The molecule has 0 saturated carbocycles. The first kappa shape index (κ1) is 17.3. The van der Waals surface area contributed by atoms with Gasteiger partial charge in [0.25, 0.3) is 0 Å². The molecule has 0 aromatic heterocycles. The smallest absolute Gasteiger partial charge is 0.320 e. The number of para-hydroxylation sites is 1. The summed E-state index contributed by atoms with van der Waals surface area (Å²) in [5, 5.41) is 2.89. The van der Waals surface area contributed by atoms with E-state index in [4.69, 9.17) is 0 Å². The van der Waals surface area contributed by atoms with Crippen molar-refractivity contribution in [2.24, 2.45) is 0 Å². The maximum atomic E-state index is 12.3. The van der Waals surface area contributed by atoms with Gasteiger partial charge in [-0.1, -0.05) is 18.2 Å². The molecule has 1 aromatic rings. The zero-order chi connectivity index (χ0) is 16.7. The van der Waals surface area contributed by atoms with Gasteiger partial charge in [-0.2, -0.15) is 0 Å². The number of urea groups is 1. The SMILES string of the molecule is CCN(CC)C(=O)N1CCN(CC(=O)Nc2ccccc2)CC1. The molecule has 1 N–H and O–H groups in total. The van der Waals surface area contributed by atoms with Crippen LogP contribution in [-0.2, 0) is 4.79 Å². The fraction of sp³-hybridized carbons (Fsp3) is 0.529. The summed E-state index contributed by atoms with van der Waals surface area (Å²) in [5.41, 5.74) is 0.813. The average Bonchev–Trinajstić information content (AvgIpc) is 2.57. The van der Waals surface area contributed by atoms with Crippen molar-refractivity contribution >= 4 is 17.6 Å². The molecule has 0 atom stereocenters. The molecule has 0 spiro atoms. The van der Waals surface area contributed by atoms with Crippen molar-refractivity contribution in [3.05, 3.63) is 30.3 Å². The maximum absolute atomic E-state index is 12.3. The second-order valence-electron chi connectivity index (χ2n) is 5.63. The number of piperazine rings is 1. The lowest BCUT2D eigenvalue weighted by Crippen LogP contribution is -2.53. The lowest BCUT2D eigenvalue weighted by Gasteiger charge is -2.36. The van der Waals surface area contributed by atoms with Crippen LogP contribution in [0.25, 0.3) is 0 Å². The quantitative estimate of drug-likeness (QED) is 0.899. The molecule has 1 fully saturated rings. The van der Waals surface area contributed by atoms with Gasteiger partial charge in [0.15, 0.2) is 0 Å². The second kappa shape index (κ2) is 8.53. The standard InChI is InChI=1S/C17H26N4O2/c1-3-20(4-2)17(23)21-12-10-19(11-13-21)14-16(22)18-15-8-6-5-7-9-15/h5-9H,3-4,10-14H2,1-2H3,(H,18,22). The minimum Gasteiger partial charge on any atom is -0.325 e. The largest absolute Gasteiger partial charge is 0.325 e. The Kier molecular flexibility index (Phi) is 6.40. The van der Waals surface area contributed by atoms with Gasteiger partial charge in [0.1, 0.15) is 0 Å². The molecule has 0 bridgehead atoms. The number of nitrogens with one attached hydrogen (secondary N) is 1. The fourth-order valence-electron chi connectivity index (χ4n) is 2.72. The van der Waals surface area contributed by atoms with E-state index < -0.39 is 0 Å². The van der Waals surface area contributed by atoms with Gasteiger partial charge in [0, 0.05) is 45.0 Å². The highest BCUT2D eigenvalue weighted by molar-refractivity contribution is 5.92. The lowest BCUT2D eigenvalue weighted by molar-refractivity contribution is -0.117. The number of nitrogens with zero attached hydrogens (tertiary/aromatic N) is 3. The van der Waals surface area contributed by atoms with Crippen LogP contribution < -0.4 is 5.32 Å². The Balaban J connectivity index is 1.76. The Hall–Kier alpha value is -2.08. The van der Waals surface area contributed by atoms with E-state index in [0.717, 1.165) is 31.9 Å². The Morgan fingerprint density at radius 2 is 1.65 bits per heavy atom. The fourth-order valence-corrected chi connectivity index (χ4v) is 2.72. The van der Waals surface area contributed by atoms with E-state index in [0.29, 0.717) is 19.6 Å². The number of benzene rings is 1. The summed E-state index contributed by atoms with van der Waals surface area (Å²) >= 11 is 0. The molecule has 1 heterocycles. The van der Waals surface area contributed by atoms with Crippen LogP contribution in [0.2, 0.25) is 0 Å². The van der Waals surface area contributed by atoms with E-state index in [1.54, 1.807) is 0 Å². The molecule has 0 aliphatic carbocycles. The highest BCUT2D eigenvalue weighted by Crippen LogP contribution is 2.08. The number of carbonyl (C=O) groups is 2. The highest BCUT2D eigenvalue weighted by atomic mass is 16.2. The normalized spacial score (nSPS) is 15.3. The molecule has 23 heavy (non-hydrogen) atoms. The van der Waals surface area contributed by atoms with Gasteiger partial charge in [-0.05, 0) is 26.0 Å². The van der Waals surface area contributed by atoms with Crippen LogP contribution >= 0.6 is 0 Å². The third-order valence-electron chi connectivity index (χ3n) is 4.10. The zero-order valence-corrected chi connectivity index (χ0v) is 14.0. The second-order valence-corrected chi connectivity index (χ2v) is 5.63. The van der Waals surface area contributed by atoms with Gasteiger partial charge in [0.2, 0.25) is 5.91 Å². The van der Waals surface area contributed by atoms with Crippen molar-refractivity contribution in [1.29, 1.82) is 0 Å². The van der Waals surface area contributed by atoms with Crippen LogP contribution in [0, 0.1) is 0 Å². The predicted octanol–water partition coefficient (Wildman–Crippen LogP) is 1.70. The number of carbonyl (C=O) groups excluding carboxylic acids is 2. The minimum absolute atomic E-state index is 0.0141. The maximum Gasteiger partial charge on any atom is 0.320 e. The molecule has 6 heteroatoms. The first-order valence-corrected chi connectivity index (χ1v) is 8.25. The third-order valence-corrected chi connectivity index (χ3v) is 4.10. The van der Waals surface area contributed by atoms with Gasteiger partial charge in [-0.25, -0.2) is 4.79 Å². The molecule has 1 aromatic carbocycles. The number of hydrogen-bond acceptors (Lipinski definition) is 3. The van der Waals surface area contributed by atoms with E-state index in [9.17, 15) is 9.59 Å². The van der Waals surface area contributed by atoms with Crippen molar-refractivity contribution in [3.8, 4) is 0 Å². The molecule has 6 nitrogen and oxygen atoms in total. The summed E-state index contributed by atoms with van der Waals surface area (Å²) in [6.45, 7) is 8.62. The van der Waals surface area contributed by atoms with E-state index >= 15 is 0 Å². The van der Waals surface area contributed by atoms with Gasteiger partial charge < -0.3 is 15.1 Å². The van der Waals surface area contributed by atoms with Crippen LogP contribution in [0.1, 0.15) is 13.8 Å². The highest BCUT2D eigenvalue weighted by Gasteiger charge is 2.24. The van der Waals surface area contributed by atoms with Crippen molar-refractivity contribution in [2.45, 2.75) is 13.8 Å². The topological polar surface area (TPSA) is 55.9 Å². The molecule has 1 aliphatic rings. The van der Waals surface area contributed by atoms with Crippen molar-refractivity contribution in [1.82, 2.24) is 14.7 Å². The Labute approximate surface area is 138 Å². The predicted molar refractivity (Wildman–Crippen MR) is 91.4 cm³/mol. The molecular formula is C17H26N4O2. The Morgan fingerprint density at radius 1 is 1.04 bits per heavy atom. The van der Waals surface area contributed by atoms with E-state index in [1.807, 2.05) is 54.0 Å². The molecule has 3 amide bonds. The molecule has 1 saturated heterocycles. The van der Waals surface area contributed by atoms with Gasteiger partial charge in [-0.15, -0.1) is 0 Å². The average molecular weight is 318 g/mol. The van der Waals surface area contributed by atoms with Gasteiger partial charge in [-0.3, -0.25) is 9.69 Å². The summed E-state index contributed by atoms with van der Waals surface area (Å²) in [5.74, 6) is -0.0141. The Bertz CT molecular complexity index is 509. The van der Waals surface area contributed by atoms with E-state index in [1.165, 1.54) is 0 Å². The van der Waals surface area contributed by atoms with Crippen LogP contribution in [-0.4, -0.2) is 72.5 Å². The van der Waals surface area contributed by atoms with Crippen molar-refractivity contribution in [3.63, 3.8) is 0 Å². The van der Waals surface area contributed by atoms with Crippen LogP contribution in [0.15, 0.2) is 30.3 Å². The van der Waals surface area contributed by atoms with Crippen LogP contribution in [0.3, 0.4) is 0 Å². The number of amides is 3. The van der Waals surface area contributed by atoms with Crippen LogP contribution in [0.5, 0.6) is 0 Å². The number of anilines is 1. The van der Waals surface area contributed by atoms with E-state index in [-0.39, 0.29) is 11.9 Å². The number of hydrogen-bond donors (Lipinski definition) is 1. The number of rotatable bonds is 5. The van der Waals surface area contributed by atoms with Crippen molar-refractivity contribution < 1.29 is 9.59 Å². The molecule has 1 aliphatic heterocycles. The first-order valence-electron chi connectivity index (χ1n) is 8.25. The summed E-state index contributed by atoms with van der Waals surface area (Å²) in [7, 11) is 0. The minimum atomic E-state index is -0.0141. The summed E-state index contributed by atoms with van der Waals surface area (Å²) in [6.07, 6.45) is 0. The molecule has 0 radical (unpaired) electrons. The molecule has 126 valence electrons. The summed E-state index contributed by atoms with van der Waals surface area (Å²) in [4.78, 5) is 30.1. The zero-order valence-electron chi connectivity index (χ0n) is 14.0. The third kappa shape index (κ3) is 4.96.